The number of benzene rings is 1. The van der Waals surface area contributed by atoms with E-state index in [-0.39, 0.29) is 17.5 Å². The second kappa shape index (κ2) is 10.9. The number of fused-ring (bicyclic) bond motifs is 1. The maximum atomic E-state index is 13.5. The number of pyridine rings is 2. The number of hydrogen-bond acceptors (Lipinski definition) is 9. The number of methoxy groups -OCH3 is 1. The number of aromatic nitrogens is 8. The van der Waals surface area contributed by atoms with Gasteiger partial charge in [0.15, 0.2) is 0 Å². The fourth-order valence-electron chi connectivity index (χ4n) is 5.10. The lowest BCUT2D eigenvalue weighted by atomic mass is 10.0. The van der Waals surface area contributed by atoms with Crippen molar-refractivity contribution in [2.75, 3.05) is 13.7 Å². The Bertz CT molecular complexity index is 1800. The third kappa shape index (κ3) is 5.19. The molecule has 1 aromatic carbocycles. The van der Waals surface area contributed by atoms with Crippen molar-refractivity contribution in [3.05, 3.63) is 87.6 Å². The van der Waals surface area contributed by atoms with Crippen LogP contribution in [0.1, 0.15) is 29.5 Å². The number of nitrogens with two attached hydrogens (primary N) is 1. The minimum Gasteiger partial charge on any atom is -0.391 e. The summed E-state index contributed by atoms with van der Waals surface area (Å²) in [7, 11) is 1.58. The number of primary amides is 1. The molecule has 14 heteroatoms. The van der Waals surface area contributed by atoms with Crippen molar-refractivity contribution < 1.29 is 14.3 Å². The van der Waals surface area contributed by atoms with E-state index >= 15 is 0 Å². The molecule has 3 N–H and O–H groups in total. The number of nitrogens with one attached hydrogen (secondary N) is 1. The van der Waals surface area contributed by atoms with Gasteiger partial charge in [-0.25, -0.2) is 14.8 Å². The number of imidazole rings is 1. The second-order valence-electron chi connectivity index (χ2n) is 9.45. The van der Waals surface area contributed by atoms with Crippen LogP contribution in [0.15, 0.2) is 59.9 Å². The van der Waals surface area contributed by atoms with Crippen molar-refractivity contribution in [2.45, 2.75) is 25.3 Å². The molecule has 0 radical (unpaired) electrons. The predicted molar refractivity (Wildman–Crippen MR) is 148 cm³/mol. The number of aryl methyl sites for hydroxylation is 1. The molecule has 0 aliphatic carbocycles. The molecule has 0 spiro atoms. The molecule has 41 heavy (non-hydrogen) atoms. The van der Waals surface area contributed by atoms with Gasteiger partial charge in [0.1, 0.15) is 12.2 Å². The van der Waals surface area contributed by atoms with E-state index in [1.807, 2.05) is 18.2 Å². The molecule has 4 aromatic heterocycles. The Morgan fingerprint density at radius 2 is 2.05 bits per heavy atom. The first-order valence-corrected chi connectivity index (χ1v) is 13.1. The second-order valence-corrected chi connectivity index (χ2v) is 9.88. The number of halogens is 1. The molecule has 1 atom stereocenters. The number of rotatable bonds is 8. The van der Waals surface area contributed by atoms with Crippen LogP contribution in [0.4, 0.5) is 4.79 Å². The molecule has 1 aliphatic heterocycles. The Kier molecular flexibility index (Phi) is 7.03. The summed E-state index contributed by atoms with van der Waals surface area (Å²) in [4.78, 5) is 37.0. The van der Waals surface area contributed by atoms with Crippen LogP contribution in [0.5, 0.6) is 5.88 Å². The fraction of sp³-hybridized carbons (Fsp3) is 0.222. The number of ether oxygens (including phenoxy) is 2. The van der Waals surface area contributed by atoms with Crippen LogP contribution >= 0.6 is 11.6 Å². The van der Waals surface area contributed by atoms with Gasteiger partial charge in [0.05, 0.1) is 30.2 Å². The Labute approximate surface area is 237 Å². The van der Waals surface area contributed by atoms with Crippen molar-refractivity contribution in [1.82, 2.24) is 39.7 Å². The molecule has 0 saturated carbocycles. The van der Waals surface area contributed by atoms with E-state index < -0.39 is 6.09 Å². The van der Waals surface area contributed by atoms with E-state index in [0.717, 1.165) is 22.4 Å². The number of H-pyrrole nitrogens is 1. The molecule has 6 rings (SSSR count). The van der Waals surface area contributed by atoms with E-state index in [4.69, 9.17) is 26.8 Å². The van der Waals surface area contributed by atoms with E-state index in [0.29, 0.717) is 53.7 Å². The molecular formula is C27H24ClN9O4. The highest BCUT2D eigenvalue weighted by Gasteiger charge is 2.28. The van der Waals surface area contributed by atoms with Gasteiger partial charge in [0, 0.05) is 53.2 Å². The van der Waals surface area contributed by atoms with Crippen LogP contribution in [0, 0.1) is 0 Å². The quantitative estimate of drug-likeness (QED) is 0.283. The molecule has 0 bridgehead atoms. The van der Waals surface area contributed by atoms with Gasteiger partial charge in [-0.1, -0.05) is 11.6 Å². The molecule has 1 amide bonds. The van der Waals surface area contributed by atoms with Gasteiger partial charge in [-0.15, -0.1) is 5.10 Å². The number of aromatic amines is 1. The molecule has 5 heterocycles. The topological polar surface area (TPSA) is 169 Å². The van der Waals surface area contributed by atoms with Crippen LogP contribution in [-0.2, 0) is 17.6 Å². The summed E-state index contributed by atoms with van der Waals surface area (Å²) < 4.78 is 13.5. The largest absolute Gasteiger partial charge is 0.411 e. The minimum atomic E-state index is -0.941. The molecule has 5 aromatic rings. The summed E-state index contributed by atoms with van der Waals surface area (Å²) >= 11 is 6.31. The molecule has 0 saturated heterocycles. The lowest BCUT2D eigenvalue weighted by Gasteiger charge is -2.15. The summed E-state index contributed by atoms with van der Waals surface area (Å²) in [5.41, 5.74) is 10.2. The van der Waals surface area contributed by atoms with Gasteiger partial charge in [-0.05, 0) is 59.2 Å². The van der Waals surface area contributed by atoms with Crippen molar-refractivity contribution >= 4 is 17.7 Å². The lowest BCUT2D eigenvalue weighted by molar-refractivity contribution is 0.198. The monoisotopic (exact) mass is 573 g/mol. The third-order valence-corrected chi connectivity index (χ3v) is 7.15. The standard InChI is InChI=1S/C27H24ClN9O4/c1-40-7-6-15-8-17(12-31-26(15)41-27(29)39)21-13-30-25(33-21)23-5-3-19-9-16(10-24(38)37(19)23)20-11-18(28)2-4-22(20)36-14-32-34-35-36/h2,4,8-14,23H,3,5-7H2,1H3,(H2,29,39)(H,30,33)/t23-/m0/s1. The zero-order valence-corrected chi connectivity index (χ0v) is 22.6. The first kappa shape index (κ1) is 26.3. The molecule has 13 nitrogen and oxygen atoms in total. The average Bonchev–Trinajstić information content (AvgIpc) is 3.73. The number of carbonyl (C=O) groups excluding carboxylic acids is 1. The SMILES string of the molecule is COCCc1cc(-c2cnc([C@@H]3CCc4cc(-c5cc(Cl)ccc5-n5cnnn5)cc(=O)n43)[nH]2)cnc1OC(N)=O. The summed E-state index contributed by atoms with van der Waals surface area (Å²) in [5, 5.41) is 12.0. The maximum absolute atomic E-state index is 13.5. The Hall–Kier alpha value is -4.88. The zero-order chi connectivity index (χ0) is 28.5. The van der Waals surface area contributed by atoms with Crippen LogP contribution in [0.3, 0.4) is 0 Å². The highest BCUT2D eigenvalue weighted by Crippen LogP contribution is 2.34. The smallest absolute Gasteiger partial charge is 0.391 e. The van der Waals surface area contributed by atoms with Gasteiger partial charge in [0.2, 0.25) is 5.88 Å². The predicted octanol–water partition coefficient (Wildman–Crippen LogP) is 3.11. The summed E-state index contributed by atoms with van der Waals surface area (Å²) in [6.45, 7) is 0.407. The van der Waals surface area contributed by atoms with Gasteiger partial charge < -0.3 is 24.8 Å². The van der Waals surface area contributed by atoms with E-state index in [9.17, 15) is 9.59 Å². The Morgan fingerprint density at radius 1 is 1.17 bits per heavy atom. The third-order valence-electron chi connectivity index (χ3n) is 6.92. The van der Waals surface area contributed by atoms with Gasteiger partial charge in [-0.2, -0.15) is 4.68 Å². The minimum absolute atomic E-state index is 0.132. The molecule has 0 fully saturated rings. The van der Waals surface area contributed by atoms with Gasteiger partial charge >= 0.3 is 6.09 Å². The fourth-order valence-corrected chi connectivity index (χ4v) is 5.27. The number of amides is 1. The van der Waals surface area contributed by atoms with Crippen molar-refractivity contribution in [2.24, 2.45) is 5.73 Å². The van der Waals surface area contributed by atoms with Crippen LogP contribution in [0.2, 0.25) is 5.02 Å². The normalized spacial score (nSPS) is 14.2. The van der Waals surface area contributed by atoms with E-state index in [1.54, 1.807) is 42.3 Å². The maximum Gasteiger partial charge on any atom is 0.411 e. The van der Waals surface area contributed by atoms with Crippen molar-refractivity contribution in [3.63, 3.8) is 0 Å². The lowest BCUT2D eigenvalue weighted by Crippen LogP contribution is -2.23. The van der Waals surface area contributed by atoms with Crippen LogP contribution < -0.4 is 16.0 Å². The highest BCUT2D eigenvalue weighted by molar-refractivity contribution is 6.31. The molecule has 208 valence electrons. The molecular weight excluding hydrogens is 550 g/mol. The summed E-state index contributed by atoms with van der Waals surface area (Å²) in [6, 6.07) is 10.5. The summed E-state index contributed by atoms with van der Waals surface area (Å²) in [5.74, 6) is 0.787. The van der Waals surface area contributed by atoms with Crippen molar-refractivity contribution in [3.8, 4) is 34.0 Å². The first-order valence-electron chi connectivity index (χ1n) is 12.7. The van der Waals surface area contributed by atoms with E-state index in [1.165, 1.54) is 11.0 Å². The number of tetrazole rings is 1. The number of hydrogen-bond donors (Lipinski definition) is 2. The number of carbonyl (C=O) groups is 1. The molecule has 1 aliphatic rings. The molecule has 0 unspecified atom stereocenters. The zero-order valence-electron chi connectivity index (χ0n) is 21.8. The number of nitrogens with zero attached hydrogens (tertiary/aromatic N) is 7. The first-order chi connectivity index (χ1) is 19.9. The van der Waals surface area contributed by atoms with Crippen molar-refractivity contribution in [1.29, 1.82) is 0 Å². The Morgan fingerprint density at radius 3 is 2.83 bits per heavy atom. The summed E-state index contributed by atoms with van der Waals surface area (Å²) in [6.07, 6.45) is 5.67. The highest BCUT2D eigenvalue weighted by atomic mass is 35.5. The Balaban J connectivity index is 1.32. The van der Waals surface area contributed by atoms with Gasteiger partial charge in [-0.3, -0.25) is 4.79 Å². The van der Waals surface area contributed by atoms with Gasteiger partial charge in [0.25, 0.3) is 5.56 Å². The van der Waals surface area contributed by atoms with Crippen LogP contribution in [0.25, 0.3) is 28.1 Å². The van der Waals surface area contributed by atoms with Crippen LogP contribution in [-0.4, -0.2) is 59.5 Å². The van der Waals surface area contributed by atoms with E-state index in [2.05, 4.69) is 30.5 Å². The average molecular weight is 574 g/mol.